The Morgan fingerprint density at radius 1 is 1.37 bits per heavy atom. The fraction of sp³-hybridized carbons (Fsp3) is 0.625. The SMILES string of the molecule is CC(Cc1ccccc1F)N(C)CC1CCCCN1. The van der Waals surface area contributed by atoms with Crippen molar-refractivity contribution in [3.8, 4) is 0 Å². The van der Waals surface area contributed by atoms with Crippen LogP contribution < -0.4 is 5.32 Å². The molecule has 106 valence electrons. The summed E-state index contributed by atoms with van der Waals surface area (Å²) in [5.41, 5.74) is 0.818. The number of nitrogens with zero attached hydrogens (tertiary/aromatic N) is 1. The summed E-state index contributed by atoms with van der Waals surface area (Å²) in [6, 6.07) is 8.05. The van der Waals surface area contributed by atoms with Crippen molar-refractivity contribution in [3.63, 3.8) is 0 Å². The molecule has 1 saturated heterocycles. The fourth-order valence-electron chi connectivity index (χ4n) is 2.75. The minimum absolute atomic E-state index is 0.0847. The largest absolute Gasteiger partial charge is 0.313 e. The second kappa shape index (κ2) is 7.01. The van der Waals surface area contributed by atoms with Crippen molar-refractivity contribution in [1.29, 1.82) is 0 Å². The topological polar surface area (TPSA) is 15.3 Å². The Bertz CT molecular complexity index is 388. The summed E-state index contributed by atoms with van der Waals surface area (Å²) >= 11 is 0. The monoisotopic (exact) mass is 264 g/mol. The average Bonchev–Trinajstić information content (AvgIpc) is 2.42. The van der Waals surface area contributed by atoms with Gasteiger partial charge in [-0.1, -0.05) is 24.6 Å². The second-order valence-corrected chi connectivity index (χ2v) is 5.73. The van der Waals surface area contributed by atoms with Crippen LogP contribution in [0.15, 0.2) is 24.3 Å². The van der Waals surface area contributed by atoms with E-state index in [-0.39, 0.29) is 5.82 Å². The molecule has 1 fully saturated rings. The highest BCUT2D eigenvalue weighted by atomic mass is 19.1. The average molecular weight is 264 g/mol. The molecule has 1 aromatic carbocycles. The molecule has 2 rings (SSSR count). The zero-order valence-electron chi connectivity index (χ0n) is 12.0. The Balaban J connectivity index is 1.85. The van der Waals surface area contributed by atoms with Gasteiger partial charge in [0.05, 0.1) is 0 Å². The van der Waals surface area contributed by atoms with E-state index in [2.05, 4.69) is 24.2 Å². The Morgan fingerprint density at radius 3 is 2.84 bits per heavy atom. The van der Waals surface area contributed by atoms with Gasteiger partial charge in [0.1, 0.15) is 5.82 Å². The summed E-state index contributed by atoms with van der Waals surface area (Å²) in [5.74, 6) is -0.0847. The highest BCUT2D eigenvalue weighted by molar-refractivity contribution is 5.18. The quantitative estimate of drug-likeness (QED) is 0.880. The lowest BCUT2D eigenvalue weighted by Gasteiger charge is -2.31. The number of nitrogens with one attached hydrogen (secondary N) is 1. The van der Waals surface area contributed by atoms with Gasteiger partial charge in [0, 0.05) is 18.6 Å². The van der Waals surface area contributed by atoms with Gasteiger partial charge in [-0.15, -0.1) is 0 Å². The van der Waals surface area contributed by atoms with Gasteiger partial charge in [0.15, 0.2) is 0 Å². The van der Waals surface area contributed by atoms with E-state index < -0.39 is 0 Å². The zero-order chi connectivity index (χ0) is 13.7. The standard InChI is InChI=1S/C16H25FN2/c1-13(11-14-7-3-4-9-16(14)17)19(2)12-15-8-5-6-10-18-15/h3-4,7,9,13,15,18H,5-6,8,10-12H2,1-2H3. The molecule has 1 aromatic rings. The first-order chi connectivity index (χ1) is 9.16. The highest BCUT2D eigenvalue weighted by Gasteiger charge is 2.18. The van der Waals surface area contributed by atoms with E-state index in [0.29, 0.717) is 12.1 Å². The minimum Gasteiger partial charge on any atom is -0.313 e. The van der Waals surface area contributed by atoms with Crippen molar-refractivity contribution < 1.29 is 4.39 Å². The van der Waals surface area contributed by atoms with Crippen LogP contribution in [0, 0.1) is 5.82 Å². The molecular formula is C16H25FN2. The third kappa shape index (κ3) is 4.29. The number of halogens is 1. The summed E-state index contributed by atoms with van der Waals surface area (Å²) in [7, 11) is 2.14. The van der Waals surface area contributed by atoms with E-state index in [4.69, 9.17) is 0 Å². The van der Waals surface area contributed by atoms with Gasteiger partial charge in [0.25, 0.3) is 0 Å². The van der Waals surface area contributed by atoms with Crippen LogP contribution in [0.2, 0.25) is 0 Å². The number of benzene rings is 1. The molecule has 0 radical (unpaired) electrons. The van der Waals surface area contributed by atoms with Gasteiger partial charge in [0.2, 0.25) is 0 Å². The van der Waals surface area contributed by atoms with Crippen molar-refractivity contribution in [3.05, 3.63) is 35.6 Å². The van der Waals surface area contributed by atoms with Gasteiger partial charge in [-0.05, 0) is 51.4 Å². The number of piperidine rings is 1. The van der Waals surface area contributed by atoms with Gasteiger partial charge < -0.3 is 10.2 Å². The first kappa shape index (κ1) is 14.5. The summed E-state index contributed by atoms with van der Waals surface area (Å²) in [4.78, 5) is 2.34. The lowest BCUT2D eigenvalue weighted by atomic mass is 10.0. The molecule has 0 spiro atoms. The zero-order valence-corrected chi connectivity index (χ0v) is 12.0. The molecule has 1 aliphatic rings. The maximum absolute atomic E-state index is 13.6. The molecule has 0 aromatic heterocycles. The Hall–Kier alpha value is -0.930. The lowest BCUT2D eigenvalue weighted by Crippen LogP contribution is -2.45. The third-order valence-corrected chi connectivity index (χ3v) is 4.15. The Morgan fingerprint density at radius 2 is 2.16 bits per heavy atom. The van der Waals surface area contributed by atoms with Crippen molar-refractivity contribution in [2.75, 3.05) is 20.1 Å². The van der Waals surface area contributed by atoms with Crippen LogP contribution in [0.5, 0.6) is 0 Å². The van der Waals surface area contributed by atoms with Crippen LogP contribution in [0.4, 0.5) is 4.39 Å². The maximum Gasteiger partial charge on any atom is 0.126 e. The summed E-state index contributed by atoms with van der Waals surface area (Å²) in [5, 5.41) is 3.56. The minimum atomic E-state index is -0.0847. The molecule has 19 heavy (non-hydrogen) atoms. The molecule has 2 atom stereocenters. The van der Waals surface area contributed by atoms with E-state index in [9.17, 15) is 4.39 Å². The predicted octanol–water partition coefficient (Wildman–Crippen LogP) is 2.83. The van der Waals surface area contributed by atoms with E-state index in [1.165, 1.54) is 19.3 Å². The van der Waals surface area contributed by atoms with E-state index in [0.717, 1.165) is 25.1 Å². The highest BCUT2D eigenvalue weighted by Crippen LogP contribution is 2.14. The second-order valence-electron chi connectivity index (χ2n) is 5.73. The molecule has 1 heterocycles. The molecular weight excluding hydrogens is 239 g/mol. The Kier molecular flexibility index (Phi) is 5.34. The summed E-state index contributed by atoms with van der Waals surface area (Å²) in [6.45, 7) is 4.37. The smallest absolute Gasteiger partial charge is 0.126 e. The number of likely N-dealkylation sites (N-methyl/N-ethyl adjacent to an activating group) is 1. The normalized spacial score (nSPS) is 21.6. The molecule has 2 nitrogen and oxygen atoms in total. The molecule has 1 aliphatic heterocycles. The molecule has 0 amide bonds. The molecule has 2 unspecified atom stereocenters. The van der Waals surface area contributed by atoms with Crippen molar-refractivity contribution in [1.82, 2.24) is 10.2 Å². The first-order valence-electron chi connectivity index (χ1n) is 7.34. The fourth-order valence-corrected chi connectivity index (χ4v) is 2.75. The number of hydrogen-bond acceptors (Lipinski definition) is 2. The van der Waals surface area contributed by atoms with Crippen molar-refractivity contribution in [2.24, 2.45) is 0 Å². The van der Waals surface area contributed by atoms with Gasteiger partial charge in [-0.2, -0.15) is 0 Å². The van der Waals surface area contributed by atoms with E-state index in [1.54, 1.807) is 12.1 Å². The first-order valence-corrected chi connectivity index (χ1v) is 7.34. The van der Waals surface area contributed by atoms with Crippen LogP contribution in [-0.2, 0) is 6.42 Å². The number of hydrogen-bond donors (Lipinski definition) is 1. The molecule has 0 bridgehead atoms. The third-order valence-electron chi connectivity index (χ3n) is 4.15. The van der Waals surface area contributed by atoms with Crippen molar-refractivity contribution >= 4 is 0 Å². The van der Waals surface area contributed by atoms with Crippen LogP contribution >= 0.6 is 0 Å². The van der Waals surface area contributed by atoms with Gasteiger partial charge in [-0.3, -0.25) is 0 Å². The van der Waals surface area contributed by atoms with Crippen LogP contribution in [0.3, 0.4) is 0 Å². The molecule has 3 heteroatoms. The van der Waals surface area contributed by atoms with Crippen LogP contribution in [0.25, 0.3) is 0 Å². The van der Waals surface area contributed by atoms with Gasteiger partial charge >= 0.3 is 0 Å². The maximum atomic E-state index is 13.6. The van der Waals surface area contributed by atoms with Crippen LogP contribution in [-0.4, -0.2) is 37.1 Å². The van der Waals surface area contributed by atoms with E-state index in [1.807, 2.05) is 12.1 Å². The summed E-state index contributed by atoms with van der Waals surface area (Å²) < 4.78 is 13.6. The lowest BCUT2D eigenvalue weighted by molar-refractivity contribution is 0.211. The Labute approximate surface area is 116 Å². The molecule has 1 N–H and O–H groups in total. The molecule has 0 saturated carbocycles. The summed E-state index contributed by atoms with van der Waals surface area (Å²) in [6.07, 6.45) is 4.66. The van der Waals surface area contributed by atoms with Crippen LogP contribution in [0.1, 0.15) is 31.7 Å². The number of rotatable bonds is 5. The van der Waals surface area contributed by atoms with E-state index >= 15 is 0 Å². The van der Waals surface area contributed by atoms with Gasteiger partial charge in [-0.25, -0.2) is 4.39 Å². The predicted molar refractivity (Wildman–Crippen MR) is 77.8 cm³/mol. The van der Waals surface area contributed by atoms with Crippen molar-refractivity contribution in [2.45, 2.75) is 44.7 Å². The molecule has 0 aliphatic carbocycles.